The molecule has 8 heteroatoms. The molecule has 7 nitrogen and oxygen atoms in total. The number of hydrogen-bond donors (Lipinski definition) is 2. The average Bonchev–Trinajstić information content (AvgIpc) is 3.13. The molecule has 154 valence electrons. The smallest absolute Gasteiger partial charge is 0.338 e. The van der Waals surface area contributed by atoms with Crippen molar-refractivity contribution < 1.29 is 19.1 Å². The average molecular weight is 423 g/mol. The Morgan fingerprint density at radius 3 is 2.53 bits per heavy atom. The second-order valence-corrected chi connectivity index (χ2v) is 7.97. The van der Waals surface area contributed by atoms with Crippen LogP contribution in [-0.4, -0.2) is 42.2 Å². The van der Waals surface area contributed by atoms with Crippen LogP contribution < -0.4 is 10.6 Å². The monoisotopic (exact) mass is 423 g/mol. The Balaban J connectivity index is 1.57. The third-order valence-electron chi connectivity index (χ3n) is 5.08. The van der Waals surface area contributed by atoms with Gasteiger partial charge in [0.25, 0.3) is 0 Å². The lowest BCUT2D eigenvalue weighted by atomic mass is 9.96. The number of cyclic esters (lactones) is 1. The van der Waals surface area contributed by atoms with Crippen molar-refractivity contribution in [1.29, 1.82) is 0 Å². The van der Waals surface area contributed by atoms with Gasteiger partial charge in [-0.05, 0) is 43.0 Å². The van der Waals surface area contributed by atoms with Crippen molar-refractivity contribution in [3.05, 3.63) is 70.9 Å². The summed E-state index contributed by atoms with van der Waals surface area (Å²) in [5, 5.41) is 5.61. The minimum Gasteiger partial charge on any atom is -0.456 e. The summed E-state index contributed by atoms with van der Waals surface area (Å²) in [6.45, 7) is 1.71. The zero-order valence-corrected chi connectivity index (χ0v) is 17.4. The summed E-state index contributed by atoms with van der Waals surface area (Å²) in [6, 6.07) is 14.0. The van der Waals surface area contributed by atoms with E-state index >= 15 is 0 Å². The number of carbonyl (C=O) groups is 3. The van der Waals surface area contributed by atoms with Gasteiger partial charge in [-0.25, -0.2) is 9.59 Å². The number of carbonyl (C=O) groups excluding carboxylic acids is 3. The SMILES string of the molecule is CSc1ccc([C@@H]2NC(=O)N(CC(=O)Nc3ccc(C)cc3)C3=C2C(=O)OC3)cc1. The molecule has 4 rings (SSSR count). The number of urea groups is 1. The van der Waals surface area contributed by atoms with Crippen LogP contribution in [0.25, 0.3) is 0 Å². The highest BCUT2D eigenvalue weighted by Crippen LogP contribution is 2.35. The molecule has 0 saturated heterocycles. The highest BCUT2D eigenvalue weighted by Gasteiger charge is 2.42. The molecule has 0 unspecified atom stereocenters. The van der Waals surface area contributed by atoms with Gasteiger partial charge < -0.3 is 15.4 Å². The molecule has 0 aliphatic carbocycles. The summed E-state index contributed by atoms with van der Waals surface area (Å²) < 4.78 is 5.21. The minimum atomic E-state index is -0.602. The number of nitrogens with one attached hydrogen (secondary N) is 2. The summed E-state index contributed by atoms with van der Waals surface area (Å²) in [5.41, 5.74) is 3.31. The normalized spacial score (nSPS) is 18.1. The predicted octanol–water partition coefficient (Wildman–Crippen LogP) is 3.23. The van der Waals surface area contributed by atoms with Gasteiger partial charge in [0, 0.05) is 10.6 Å². The molecule has 0 aromatic heterocycles. The third-order valence-corrected chi connectivity index (χ3v) is 5.83. The van der Waals surface area contributed by atoms with E-state index in [0.717, 1.165) is 16.0 Å². The molecule has 2 aromatic rings. The zero-order valence-electron chi connectivity index (χ0n) is 16.6. The van der Waals surface area contributed by atoms with Crippen molar-refractivity contribution in [2.45, 2.75) is 17.9 Å². The van der Waals surface area contributed by atoms with Gasteiger partial charge >= 0.3 is 12.0 Å². The molecule has 0 bridgehead atoms. The van der Waals surface area contributed by atoms with Crippen molar-refractivity contribution in [2.75, 3.05) is 24.7 Å². The lowest BCUT2D eigenvalue weighted by Gasteiger charge is -2.32. The van der Waals surface area contributed by atoms with Crippen LogP contribution in [0.3, 0.4) is 0 Å². The molecule has 30 heavy (non-hydrogen) atoms. The van der Waals surface area contributed by atoms with E-state index in [1.54, 1.807) is 23.9 Å². The summed E-state index contributed by atoms with van der Waals surface area (Å²) in [4.78, 5) is 40.1. The maximum absolute atomic E-state index is 12.8. The van der Waals surface area contributed by atoms with Crippen LogP contribution in [0, 0.1) is 6.92 Å². The number of aryl methyl sites for hydroxylation is 1. The summed E-state index contributed by atoms with van der Waals surface area (Å²) in [6.07, 6.45) is 1.98. The zero-order chi connectivity index (χ0) is 21.3. The number of thioether (sulfide) groups is 1. The number of anilines is 1. The van der Waals surface area contributed by atoms with Crippen LogP contribution in [0.15, 0.2) is 64.7 Å². The lowest BCUT2D eigenvalue weighted by Crippen LogP contribution is -2.49. The molecule has 2 aliphatic rings. The van der Waals surface area contributed by atoms with Crippen LogP contribution in [0.1, 0.15) is 17.2 Å². The molecule has 2 heterocycles. The van der Waals surface area contributed by atoms with E-state index < -0.39 is 18.0 Å². The van der Waals surface area contributed by atoms with E-state index in [1.807, 2.05) is 49.6 Å². The van der Waals surface area contributed by atoms with E-state index in [-0.39, 0.29) is 19.1 Å². The Hall–Kier alpha value is -3.26. The molecule has 0 fully saturated rings. The largest absolute Gasteiger partial charge is 0.456 e. The molecular weight excluding hydrogens is 402 g/mol. The molecule has 3 amide bonds. The number of ether oxygens (including phenoxy) is 1. The molecular formula is C22H21N3O4S. The Bertz CT molecular complexity index is 1030. The van der Waals surface area contributed by atoms with Gasteiger partial charge in [0.15, 0.2) is 0 Å². The van der Waals surface area contributed by atoms with E-state index in [4.69, 9.17) is 4.74 Å². The summed E-state index contributed by atoms with van der Waals surface area (Å²) in [5.74, 6) is -0.837. The van der Waals surface area contributed by atoms with Crippen molar-refractivity contribution in [3.8, 4) is 0 Å². The fraction of sp³-hybridized carbons (Fsp3) is 0.227. The predicted molar refractivity (Wildman–Crippen MR) is 114 cm³/mol. The Morgan fingerprint density at radius 2 is 1.87 bits per heavy atom. The molecule has 1 atom stereocenters. The number of nitrogens with zero attached hydrogens (tertiary/aromatic N) is 1. The van der Waals surface area contributed by atoms with E-state index in [1.165, 1.54) is 4.90 Å². The molecule has 0 saturated carbocycles. The number of rotatable bonds is 5. The van der Waals surface area contributed by atoms with Crippen LogP contribution >= 0.6 is 11.8 Å². The summed E-state index contributed by atoms with van der Waals surface area (Å²) in [7, 11) is 0. The topological polar surface area (TPSA) is 87.7 Å². The molecule has 2 aliphatic heterocycles. The highest BCUT2D eigenvalue weighted by atomic mass is 32.2. The minimum absolute atomic E-state index is 0.0290. The molecule has 0 spiro atoms. The van der Waals surface area contributed by atoms with E-state index in [9.17, 15) is 14.4 Å². The van der Waals surface area contributed by atoms with Crippen LogP contribution in [0.5, 0.6) is 0 Å². The quantitative estimate of drug-likeness (QED) is 0.570. The molecule has 0 radical (unpaired) electrons. The Labute approximate surface area is 178 Å². The number of esters is 1. The van der Waals surface area contributed by atoms with Gasteiger partial charge in [0.2, 0.25) is 5.91 Å². The molecule has 2 N–H and O–H groups in total. The first-order chi connectivity index (χ1) is 14.5. The first kappa shape index (κ1) is 20.0. The fourth-order valence-corrected chi connectivity index (χ4v) is 3.91. The second-order valence-electron chi connectivity index (χ2n) is 7.09. The second kappa shape index (κ2) is 8.23. The van der Waals surface area contributed by atoms with Crippen molar-refractivity contribution in [1.82, 2.24) is 10.2 Å². The standard InChI is InChI=1S/C22H21N3O4S/c1-13-3-7-15(8-4-13)23-18(26)11-25-17-12-29-21(27)19(17)20(24-22(25)28)14-5-9-16(30-2)10-6-14/h3-10,20H,11-12H2,1-2H3,(H,23,26)(H,24,28)/t20-/m0/s1. The fourth-order valence-electron chi connectivity index (χ4n) is 3.51. The van der Waals surface area contributed by atoms with Crippen molar-refractivity contribution in [2.24, 2.45) is 0 Å². The molecule has 2 aromatic carbocycles. The Kier molecular flexibility index (Phi) is 5.50. The van der Waals surface area contributed by atoms with E-state index in [0.29, 0.717) is 17.0 Å². The first-order valence-corrected chi connectivity index (χ1v) is 10.7. The Morgan fingerprint density at radius 1 is 1.17 bits per heavy atom. The van der Waals surface area contributed by atoms with Gasteiger partial charge in [0.05, 0.1) is 17.3 Å². The van der Waals surface area contributed by atoms with E-state index in [2.05, 4.69) is 10.6 Å². The number of amides is 3. The maximum atomic E-state index is 12.8. The van der Waals surface area contributed by atoms with Gasteiger partial charge in [-0.2, -0.15) is 0 Å². The van der Waals surface area contributed by atoms with Crippen LogP contribution in [-0.2, 0) is 14.3 Å². The number of benzene rings is 2. The van der Waals surface area contributed by atoms with Gasteiger partial charge in [0.1, 0.15) is 13.2 Å². The van der Waals surface area contributed by atoms with Gasteiger partial charge in [-0.1, -0.05) is 29.8 Å². The van der Waals surface area contributed by atoms with Crippen LogP contribution in [0.4, 0.5) is 10.5 Å². The van der Waals surface area contributed by atoms with Crippen molar-refractivity contribution in [3.63, 3.8) is 0 Å². The maximum Gasteiger partial charge on any atom is 0.338 e. The number of hydrogen-bond acceptors (Lipinski definition) is 5. The highest BCUT2D eigenvalue weighted by molar-refractivity contribution is 7.98. The lowest BCUT2D eigenvalue weighted by molar-refractivity contribution is -0.136. The van der Waals surface area contributed by atoms with Gasteiger partial charge in [-0.15, -0.1) is 11.8 Å². The summed E-state index contributed by atoms with van der Waals surface area (Å²) >= 11 is 1.61. The first-order valence-electron chi connectivity index (χ1n) is 9.45. The van der Waals surface area contributed by atoms with Crippen LogP contribution in [0.2, 0.25) is 0 Å². The van der Waals surface area contributed by atoms with Gasteiger partial charge in [-0.3, -0.25) is 9.69 Å². The van der Waals surface area contributed by atoms with Crippen molar-refractivity contribution >= 4 is 35.4 Å². The third kappa shape index (κ3) is 3.91.